The van der Waals surface area contributed by atoms with Crippen LogP contribution >= 0.6 is 0 Å². The van der Waals surface area contributed by atoms with Gasteiger partial charge < -0.3 is 14.8 Å². The van der Waals surface area contributed by atoms with Crippen molar-refractivity contribution in [3.05, 3.63) is 18.2 Å². The molecule has 4 nitrogen and oxygen atoms in total. The molecule has 100 valence electrons. The molecule has 0 spiro atoms. The predicted octanol–water partition coefficient (Wildman–Crippen LogP) is 1.62. The molecule has 2 aliphatic rings. The standard InChI is InChI=1S/C14H24N4/c1-2-17-10-7-15-14(17)11-16-12-5-8-18(9-6-12)13-3-4-13/h7,10,12-13,16H,2-6,8-9,11H2,1H3. The SMILES string of the molecule is CCn1ccnc1CNC1CCN(C2CC2)CC1. The van der Waals surface area contributed by atoms with Crippen molar-refractivity contribution < 1.29 is 0 Å². The van der Waals surface area contributed by atoms with Crippen molar-refractivity contribution in [2.45, 2.75) is 57.8 Å². The molecule has 2 fully saturated rings. The summed E-state index contributed by atoms with van der Waals surface area (Å²) in [6.07, 6.45) is 9.42. The van der Waals surface area contributed by atoms with Gasteiger partial charge in [0.25, 0.3) is 0 Å². The molecule has 4 heteroatoms. The van der Waals surface area contributed by atoms with E-state index in [4.69, 9.17) is 0 Å². The molecule has 0 unspecified atom stereocenters. The summed E-state index contributed by atoms with van der Waals surface area (Å²) in [6, 6.07) is 1.62. The van der Waals surface area contributed by atoms with Crippen LogP contribution in [0.5, 0.6) is 0 Å². The Morgan fingerprint density at radius 1 is 1.28 bits per heavy atom. The van der Waals surface area contributed by atoms with E-state index in [2.05, 4.69) is 32.9 Å². The minimum Gasteiger partial charge on any atom is -0.334 e. The lowest BCUT2D eigenvalue weighted by Gasteiger charge is -2.32. The second kappa shape index (κ2) is 5.41. The third-order valence-corrected chi connectivity index (χ3v) is 4.28. The van der Waals surface area contributed by atoms with Crippen LogP contribution < -0.4 is 5.32 Å². The molecule has 1 saturated carbocycles. The van der Waals surface area contributed by atoms with Crippen LogP contribution in [0.1, 0.15) is 38.4 Å². The molecule has 2 heterocycles. The second-order valence-electron chi connectivity index (χ2n) is 5.55. The molecule has 1 saturated heterocycles. The van der Waals surface area contributed by atoms with Crippen molar-refractivity contribution in [1.82, 2.24) is 19.8 Å². The van der Waals surface area contributed by atoms with Crippen molar-refractivity contribution in [2.75, 3.05) is 13.1 Å². The lowest BCUT2D eigenvalue weighted by molar-refractivity contribution is 0.188. The summed E-state index contributed by atoms with van der Waals surface area (Å²) < 4.78 is 2.21. The highest BCUT2D eigenvalue weighted by Crippen LogP contribution is 2.29. The number of aryl methyl sites for hydroxylation is 1. The molecule has 0 aromatic carbocycles. The van der Waals surface area contributed by atoms with E-state index in [0.717, 1.165) is 19.1 Å². The minimum absolute atomic E-state index is 0.682. The van der Waals surface area contributed by atoms with E-state index in [-0.39, 0.29) is 0 Å². The molecular weight excluding hydrogens is 224 g/mol. The molecule has 0 radical (unpaired) electrons. The fourth-order valence-electron chi connectivity index (χ4n) is 2.94. The lowest BCUT2D eigenvalue weighted by atomic mass is 10.0. The van der Waals surface area contributed by atoms with Crippen molar-refractivity contribution >= 4 is 0 Å². The zero-order chi connectivity index (χ0) is 12.4. The van der Waals surface area contributed by atoms with Crippen LogP contribution in [0.4, 0.5) is 0 Å². The van der Waals surface area contributed by atoms with Crippen LogP contribution in [0.25, 0.3) is 0 Å². The Hall–Kier alpha value is -0.870. The van der Waals surface area contributed by atoms with E-state index >= 15 is 0 Å². The number of hydrogen-bond donors (Lipinski definition) is 1. The van der Waals surface area contributed by atoms with E-state index in [9.17, 15) is 0 Å². The first-order valence-corrected chi connectivity index (χ1v) is 7.34. The monoisotopic (exact) mass is 248 g/mol. The molecule has 1 aromatic heterocycles. The molecule has 0 amide bonds. The molecule has 1 aromatic rings. The highest BCUT2D eigenvalue weighted by atomic mass is 15.2. The highest BCUT2D eigenvalue weighted by Gasteiger charge is 2.31. The van der Waals surface area contributed by atoms with Crippen LogP contribution in [0.2, 0.25) is 0 Å². The molecule has 1 aliphatic carbocycles. The quantitative estimate of drug-likeness (QED) is 0.859. The van der Waals surface area contributed by atoms with Gasteiger partial charge in [-0.3, -0.25) is 0 Å². The zero-order valence-corrected chi connectivity index (χ0v) is 11.3. The van der Waals surface area contributed by atoms with Gasteiger partial charge in [0.1, 0.15) is 5.82 Å². The third kappa shape index (κ3) is 2.75. The number of rotatable bonds is 5. The Morgan fingerprint density at radius 3 is 2.72 bits per heavy atom. The zero-order valence-electron chi connectivity index (χ0n) is 11.3. The number of piperidine rings is 1. The van der Waals surface area contributed by atoms with Crippen LogP contribution in [-0.4, -0.2) is 39.6 Å². The van der Waals surface area contributed by atoms with Gasteiger partial charge in [-0.25, -0.2) is 4.98 Å². The Bertz CT molecular complexity index is 375. The van der Waals surface area contributed by atoms with Gasteiger partial charge in [0.05, 0.1) is 6.54 Å². The van der Waals surface area contributed by atoms with Gasteiger partial charge in [-0.1, -0.05) is 0 Å². The predicted molar refractivity (Wildman–Crippen MR) is 72.4 cm³/mol. The first-order chi connectivity index (χ1) is 8.86. The summed E-state index contributed by atoms with van der Waals surface area (Å²) in [5.41, 5.74) is 0. The van der Waals surface area contributed by atoms with Crippen LogP contribution in [-0.2, 0) is 13.1 Å². The first kappa shape index (κ1) is 12.2. The summed E-state index contributed by atoms with van der Waals surface area (Å²) in [4.78, 5) is 7.09. The van der Waals surface area contributed by atoms with Crippen molar-refractivity contribution in [3.8, 4) is 0 Å². The van der Waals surface area contributed by atoms with Crippen molar-refractivity contribution in [2.24, 2.45) is 0 Å². The fourth-order valence-corrected chi connectivity index (χ4v) is 2.94. The molecule has 1 N–H and O–H groups in total. The van der Waals surface area contributed by atoms with Gasteiger partial charge in [0.2, 0.25) is 0 Å². The van der Waals surface area contributed by atoms with Gasteiger partial charge in [-0.15, -0.1) is 0 Å². The van der Waals surface area contributed by atoms with E-state index in [0.29, 0.717) is 6.04 Å². The first-order valence-electron chi connectivity index (χ1n) is 7.34. The van der Waals surface area contributed by atoms with Crippen LogP contribution in [0.15, 0.2) is 12.4 Å². The Labute approximate surface area is 109 Å². The maximum Gasteiger partial charge on any atom is 0.122 e. The van der Waals surface area contributed by atoms with Gasteiger partial charge in [-0.05, 0) is 45.7 Å². The Balaban J connectivity index is 1.44. The molecular formula is C14H24N4. The largest absolute Gasteiger partial charge is 0.334 e. The van der Waals surface area contributed by atoms with Gasteiger partial charge in [0.15, 0.2) is 0 Å². The smallest absolute Gasteiger partial charge is 0.122 e. The van der Waals surface area contributed by atoms with E-state index in [1.54, 1.807) is 0 Å². The molecule has 18 heavy (non-hydrogen) atoms. The minimum atomic E-state index is 0.682. The number of nitrogens with one attached hydrogen (secondary N) is 1. The van der Waals surface area contributed by atoms with E-state index < -0.39 is 0 Å². The summed E-state index contributed by atoms with van der Waals surface area (Å²) in [6.45, 7) is 6.65. The number of hydrogen-bond acceptors (Lipinski definition) is 3. The molecule has 0 bridgehead atoms. The average Bonchev–Trinajstić information content (AvgIpc) is 3.16. The average molecular weight is 248 g/mol. The lowest BCUT2D eigenvalue weighted by Crippen LogP contribution is -2.43. The van der Waals surface area contributed by atoms with Gasteiger partial charge in [-0.2, -0.15) is 0 Å². The number of likely N-dealkylation sites (tertiary alicyclic amines) is 1. The molecule has 0 atom stereocenters. The number of imidazole rings is 1. The van der Waals surface area contributed by atoms with E-state index in [1.807, 2.05) is 6.20 Å². The van der Waals surface area contributed by atoms with Gasteiger partial charge in [0, 0.05) is 31.0 Å². The second-order valence-corrected chi connectivity index (χ2v) is 5.55. The maximum atomic E-state index is 4.41. The summed E-state index contributed by atoms with van der Waals surface area (Å²) in [5.74, 6) is 1.17. The number of aromatic nitrogens is 2. The Kier molecular flexibility index (Phi) is 3.66. The normalized spacial score (nSPS) is 22.5. The molecule has 1 aliphatic heterocycles. The summed E-state index contributed by atoms with van der Waals surface area (Å²) in [5, 5.41) is 3.67. The number of nitrogens with zero attached hydrogens (tertiary/aromatic N) is 3. The molecule has 3 rings (SSSR count). The van der Waals surface area contributed by atoms with E-state index in [1.165, 1.54) is 44.6 Å². The van der Waals surface area contributed by atoms with Crippen LogP contribution in [0, 0.1) is 0 Å². The van der Waals surface area contributed by atoms with Crippen molar-refractivity contribution in [3.63, 3.8) is 0 Å². The van der Waals surface area contributed by atoms with Gasteiger partial charge >= 0.3 is 0 Å². The topological polar surface area (TPSA) is 33.1 Å². The maximum absolute atomic E-state index is 4.41. The summed E-state index contributed by atoms with van der Waals surface area (Å²) in [7, 11) is 0. The fraction of sp³-hybridized carbons (Fsp3) is 0.786. The summed E-state index contributed by atoms with van der Waals surface area (Å²) >= 11 is 0. The highest BCUT2D eigenvalue weighted by molar-refractivity contribution is 4.93. The third-order valence-electron chi connectivity index (χ3n) is 4.28. The Morgan fingerprint density at radius 2 is 2.06 bits per heavy atom. The van der Waals surface area contributed by atoms with Crippen molar-refractivity contribution in [1.29, 1.82) is 0 Å². The van der Waals surface area contributed by atoms with Crippen LogP contribution in [0.3, 0.4) is 0 Å².